The van der Waals surface area contributed by atoms with Crippen molar-refractivity contribution in [3.05, 3.63) is 28.1 Å². The van der Waals surface area contributed by atoms with Gasteiger partial charge in [0.15, 0.2) is 0 Å². The van der Waals surface area contributed by atoms with Gasteiger partial charge in [-0.25, -0.2) is 4.98 Å². The predicted octanol–water partition coefficient (Wildman–Crippen LogP) is 3.44. The largest absolute Gasteiger partial charge is 0.496 e. The molecule has 4 heteroatoms. The Labute approximate surface area is 105 Å². The van der Waals surface area contributed by atoms with Crippen molar-refractivity contribution in [1.29, 1.82) is 0 Å². The number of hydrogen-bond acceptors (Lipinski definition) is 4. The van der Waals surface area contributed by atoms with Gasteiger partial charge in [-0.2, -0.15) is 0 Å². The molecule has 0 aliphatic heterocycles. The molecule has 0 spiro atoms. The molecule has 1 aromatic carbocycles. The Morgan fingerprint density at radius 2 is 1.88 bits per heavy atom. The van der Waals surface area contributed by atoms with Gasteiger partial charge in [-0.1, -0.05) is 0 Å². The molecule has 0 aliphatic carbocycles. The molecule has 2 aromatic rings. The third-order valence-corrected chi connectivity index (χ3v) is 3.45. The maximum atomic E-state index is 5.47. The van der Waals surface area contributed by atoms with E-state index in [4.69, 9.17) is 9.47 Å². The van der Waals surface area contributed by atoms with Gasteiger partial charge < -0.3 is 9.47 Å². The first-order valence-corrected chi connectivity index (χ1v) is 6.19. The first kappa shape index (κ1) is 11.9. The molecule has 1 heterocycles. The molecular weight excluding hydrogens is 234 g/mol. The summed E-state index contributed by atoms with van der Waals surface area (Å²) in [6.45, 7) is 3.98. The number of benzene rings is 1. The van der Waals surface area contributed by atoms with E-state index in [1.807, 2.05) is 31.4 Å². The minimum atomic E-state index is 0.828. The average Bonchev–Trinajstić information content (AvgIpc) is 2.75. The van der Waals surface area contributed by atoms with E-state index >= 15 is 0 Å². The lowest BCUT2D eigenvalue weighted by Gasteiger charge is -2.13. The highest BCUT2D eigenvalue weighted by Gasteiger charge is 2.14. The summed E-state index contributed by atoms with van der Waals surface area (Å²) in [5.74, 6) is 1.66. The van der Waals surface area contributed by atoms with Gasteiger partial charge in [-0.15, -0.1) is 11.3 Å². The zero-order chi connectivity index (χ0) is 12.4. The molecule has 2 rings (SSSR count). The van der Waals surface area contributed by atoms with Crippen molar-refractivity contribution >= 4 is 11.3 Å². The normalized spacial score (nSPS) is 10.4. The van der Waals surface area contributed by atoms with Crippen LogP contribution in [0.4, 0.5) is 0 Å². The molecule has 0 amide bonds. The Morgan fingerprint density at radius 1 is 1.12 bits per heavy atom. The van der Waals surface area contributed by atoms with Crippen LogP contribution in [0.25, 0.3) is 11.3 Å². The number of hydrogen-bond donors (Lipinski definition) is 0. The molecule has 0 saturated heterocycles. The number of aromatic nitrogens is 1. The monoisotopic (exact) mass is 249 g/mol. The third-order valence-electron chi connectivity index (χ3n) is 2.68. The molecule has 0 fully saturated rings. The van der Waals surface area contributed by atoms with Crippen LogP contribution < -0.4 is 9.47 Å². The standard InChI is InChI=1S/C13H15NO2S/c1-8-12(15-3)6-5-10(13(8)16-4)11-7-17-9(2)14-11/h5-7H,1-4H3. The van der Waals surface area contributed by atoms with Crippen molar-refractivity contribution in [2.75, 3.05) is 14.2 Å². The highest BCUT2D eigenvalue weighted by atomic mass is 32.1. The first-order valence-electron chi connectivity index (χ1n) is 5.31. The molecule has 0 atom stereocenters. The summed E-state index contributed by atoms with van der Waals surface area (Å²) in [4.78, 5) is 4.48. The highest BCUT2D eigenvalue weighted by molar-refractivity contribution is 7.09. The third kappa shape index (κ3) is 2.13. The summed E-state index contributed by atoms with van der Waals surface area (Å²) in [6.07, 6.45) is 0. The Balaban J connectivity index is 2.58. The second-order valence-electron chi connectivity index (χ2n) is 3.73. The Bertz CT molecular complexity index is 534. The van der Waals surface area contributed by atoms with Crippen LogP contribution in [0.3, 0.4) is 0 Å². The van der Waals surface area contributed by atoms with Gasteiger partial charge in [0.1, 0.15) is 11.5 Å². The van der Waals surface area contributed by atoms with Crippen molar-refractivity contribution in [2.45, 2.75) is 13.8 Å². The van der Waals surface area contributed by atoms with E-state index in [0.717, 1.165) is 33.3 Å². The Kier molecular flexibility index (Phi) is 3.33. The van der Waals surface area contributed by atoms with Crippen molar-refractivity contribution in [2.24, 2.45) is 0 Å². The van der Waals surface area contributed by atoms with Crippen LogP contribution in [0.1, 0.15) is 10.6 Å². The molecule has 0 radical (unpaired) electrons. The van der Waals surface area contributed by atoms with Crippen LogP contribution in [0.15, 0.2) is 17.5 Å². The van der Waals surface area contributed by atoms with Gasteiger partial charge >= 0.3 is 0 Å². The van der Waals surface area contributed by atoms with E-state index in [1.165, 1.54) is 0 Å². The van der Waals surface area contributed by atoms with E-state index in [2.05, 4.69) is 4.98 Å². The number of ether oxygens (including phenoxy) is 2. The maximum absolute atomic E-state index is 5.47. The maximum Gasteiger partial charge on any atom is 0.134 e. The quantitative estimate of drug-likeness (QED) is 0.835. The SMILES string of the molecule is COc1ccc(-c2csc(C)n2)c(OC)c1C. The zero-order valence-electron chi connectivity index (χ0n) is 10.4. The summed E-state index contributed by atoms with van der Waals surface area (Å²) in [7, 11) is 3.33. The van der Waals surface area contributed by atoms with Crippen molar-refractivity contribution < 1.29 is 9.47 Å². The first-order chi connectivity index (χ1) is 8.17. The van der Waals surface area contributed by atoms with Crippen LogP contribution in [0, 0.1) is 13.8 Å². The summed E-state index contributed by atoms with van der Waals surface area (Å²) >= 11 is 1.64. The smallest absolute Gasteiger partial charge is 0.134 e. The van der Waals surface area contributed by atoms with Gasteiger partial charge in [0.2, 0.25) is 0 Å². The van der Waals surface area contributed by atoms with E-state index in [9.17, 15) is 0 Å². The predicted molar refractivity (Wildman–Crippen MR) is 70.1 cm³/mol. The lowest BCUT2D eigenvalue weighted by molar-refractivity contribution is 0.390. The van der Waals surface area contributed by atoms with Gasteiger partial charge in [0.25, 0.3) is 0 Å². The molecule has 1 aromatic heterocycles. The van der Waals surface area contributed by atoms with Gasteiger partial charge in [0.05, 0.1) is 24.9 Å². The van der Waals surface area contributed by atoms with Crippen LogP contribution in [0.5, 0.6) is 11.5 Å². The van der Waals surface area contributed by atoms with Crippen LogP contribution in [-0.2, 0) is 0 Å². The second-order valence-corrected chi connectivity index (χ2v) is 4.79. The van der Waals surface area contributed by atoms with E-state index in [1.54, 1.807) is 25.6 Å². The average molecular weight is 249 g/mol. The van der Waals surface area contributed by atoms with Gasteiger partial charge in [-0.05, 0) is 26.0 Å². The number of nitrogens with zero attached hydrogens (tertiary/aromatic N) is 1. The molecule has 0 saturated carbocycles. The molecule has 0 unspecified atom stereocenters. The summed E-state index contributed by atoms with van der Waals surface area (Å²) in [5, 5.41) is 3.09. The number of thiazole rings is 1. The fourth-order valence-corrected chi connectivity index (χ4v) is 2.46. The minimum Gasteiger partial charge on any atom is -0.496 e. The summed E-state index contributed by atoms with van der Waals surface area (Å²) < 4.78 is 10.8. The minimum absolute atomic E-state index is 0.828. The van der Waals surface area contributed by atoms with Crippen molar-refractivity contribution in [3.8, 4) is 22.8 Å². The lowest BCUT2D eigenvalue weighted by Crippen LogP contribution is -1.95. The van der Waals surface area contributed by atoms with Crippen LogP contribution >= 0.6 is 11.3 Å². The fraction of sp³-hybridized carbons (Fsp3) is 0.308. The molecule has 17 heavy (non-hydrogen) atoms. The fourth-order valence-electron chi connectivity index (χ4n) is 1.85. The van der Waals surface area contributed by atoms with Crippen LogP contribution in [0.2, 0.25) is 0 Å². The van der Waals surface area contributed by atoms with Crippen molar-refractivity contribution in [3.63, 3.8) is 0 Å². The zero-order valence-corrected chi connectivity index (χ0v) is 11.2. The Hall–Kier alpha value is -1.55. The topological polar surface area (TPSA) is 31.4 Å². The molecule has 0 bridgehead atoms. The number of rotatable bonds is 3. The van der Waals surface area contributed by atoms with Crippen molar-refractivity contribution in [1.82, 2.24) is 4.98 Å². The van der Waals surface area contributed by atoms with E-state index in [-0.39, 0.29) is 0 Å². The summed E-state index contributed by atoms with van der Waals surface area (Å²) in [6, 6.07) is 3.93. The number of aryl methyl sites for hydroxylation is 1. The van der Waals surface area contributed by atoms with E-state index in [0.29, 0.717) is 0 Å². The van der Waals surface area contributed by atoms with Gasteiger partial charge in [0, 0.05) is 16.5 Å². The van der Waals surface area contributed by atoms with Gasteiger partial charge in [-0.3, -0.25) is 0 Å². The molecule has 0 aliphatic rings. The van der Waals surface area contributed by atoms with Crippen LogP contribution in [-0.4, -0.2) is 19.2 Å². The lowest BCUT2D eigenvalue weighted by atomic mass is 10.1. The van der Waals surface area contributed by atoms with E-state index < -0.39 is 0 Å². The molecular formula is C13H15NO2S. The second kappa shape index (κ2) is 4.75. The number of methoxy groups -OCH3 is 2. The highest BCUT2D eigenvalue weighted by Crippen LogP contribution is 2.37. The molecule has 0 N–H and O–H groups in total. The molecule has 90 valence electrons. The Morgan fingerprint density at radius 3 is 2.41 bits per heavy atom. The summed E-state index contributed by atoms with van der Waals surface area (Å²) in [5.41, 5.74) is 2.96. The molecule has 3 nitrogen and oxygen atoms in total.